The molecule has 1 aliphatic rings. The van der Waals surface area contributed by atoms with E-state index in [9.17, 15) is 0 Å². The molecule has 1 aromatic heterocycles. The number of nitrogens with one attached hydrogen (secondary N) is 1. The summed E-state index contributed by atoms with van der Waals surface area (Å²) in [7, 11) is 0. The van der Waals surface area contributed by atoms with Crippen molar-refractivity contribution in [1.29, 1.82) is 0 Å². The van der Waals surface area contributed by atoms with Gasteiger partial charge in [-0.3, -0.25) is 0 Å². The van der Waals surface area contributed by atoms with Gasteiger partial charge in [-0.2, -0.15) is 0 Å². The molecule has 2 rings (SSSR count). The summed E-state index contributed by atoms with van der Waals surface area (Å²) < 4.78 is 13.7. The molecule has 0 aromatic carbocycles. The zero-order chi connectivity index (χ0) is 13.0. The average Bonchev–Trinajstić information content (AvgIpc) is 2.75. The van der Waals surface area contributed by atoms with Gasteiger partial charge in [0.05, 0.1) is 18.3 Å². The van der Waals surface area contributed by atoms with Gasteiger partial charge in [-0.05, 0) is 20.8 Å². The van der Waals surface area contributed by atoms with Crippen LogP contribution in [0.5, 0.6) is 0 Å². The quantitative estimate of drug-likeness (QED) is 0.856. The van der Waals surface area contributed by atoms with Gasteiger partial charge in [-0.15, -0.1) is 0 Å². The molecule has 102 valence electrons. The van der Waals surface area contributed by atoms with Gasteiger partial charge in [0.25, 0.3) is 0 Å². The Labute approximate surface area is 108 Å². The smallest absolute Gasteiger partial charge is 0.134 e. The minimum atomic E-state index is -0.103. The minimum absolute atomic E-state index is 0.103. The molecule has 1 N–H and O–H groups in total. The number of hydrogen-bond acceptors (Lipinski definition) is 4. The minimum Gasteiger partial charge on any atom is -0.371 e. The summed E-state index contributed by atoms with van der Waals surface area (Å²) in [6, 6.07) is 0. The lowest BCUT2D eigenvalue weighted by Crippen LogP contribution is -2.51. The molecular formula is C13H23N3O2. The summed E-state index contributed by atoms with van der Waals surface area (Å²) >= 11 is 0. The number of morpholine rings is 1. The van der Waals surface area contributed by atoms with Crippen molar-refractivity contribution in [3.05, 3.63) is 18.2 Å². The molecule has 0 aliphatic carbocycles. The van der Waals surface area contributed by atoms with Crippen LogP contribution < -0.4 is 5.32 Å². The van der Waals surface area contributed by atoms with Gasteiger partial charge < -0.3 is 19.4 Å². The molecule has 5 heteroatoms. The predicted octanol–water partition coefficient (Wildman–Crippen LogP) is 1.19. The summed E-state index contributed by atoms with van der Waals surface area (Å²) in [5, 5.41) is 3.37. The van der Waals surface area contributed by atoms with E-state index in [0.717, 1.165) is 25.5 Å². The van der Waals surface area contributed by atoms with Crippen molar-refractivity contribution in [2.75, 3.05) is 19.7 Å². The molecule has 1 atom stereocenters. The fourth-order valence-electron chi connectivity index (χ4n) is 2.21. The van der Waals surface area contributed by atoms with E-state index in [1.807, 2.05) is 12.4 Å². The summed E-state index contributed by atoms with van der Waals surface area (Å²) in [4.78, 5) is 4.28. The van der Waals surface area contributed by atoms with Crippen LogP contribution >= 0.6 is 0 Å². The highest BCUT2D eigenvalue weighted by Gasteiger charge is 2.28. The highest BCUT2D eigenvalue weighted by Crippen LogP contribution is 2.15. The van der Waals surface area contributed by atoms with Gasteiger partial charge in [0.1, 0.15) is 12.4 Å². The van der Waals surface area contributed by atoms with Crippen LogP contribution in [0.3, 0.4) is 0 Å². The second-order valence-electron chi connectivity index (χ2n) is 5.28. The van der Waals surface area contributed by atoms with Crippen molar-refractivity contribution in [1.82, 2.24) is 14.9 Å². The molecule has 1 unspecified atom stereocenters. The molecule has 1 fully saturated rings. The molecule has 18 heavy (non-hydrogen) atoms. The zero-order valence-corrected chi connectivity index (χ0v) is 11.5. The van der Waals surface area contributed by atoms with Crippen LogP contribution in [0.4, 0.5) is 0 Å². The summed E-state index contributed by atoms with van der Waals surface area (Å²) in [6.07, 6.45) is 3.91. The molecule has 5 nitrogen and oxygen atoms in total. The number of rotatable bonds is 5. The van der Waals surface area contributed by atoms with Crippen LogP contribution in [0, 0.1) is 0 Å². The third-order valence-corrected chi connectivity index (χ3v) is 3.09. The van der Waals surface area contributed by atoms with Crippen molar-refractivity contribution in [2.24, 2.45) is 0 Å². The summed E-state index contributed by atoms with van der Waals surface area (Å²) in [5.41, 5.74) is -0.103. The Kier molecular flexibility index (Phi) is 4.37. The molecule has 2 heterocycles. The van der Waals surface area contributed by atoms with E-state index in [4.69, 9.17) is 9.47 Å². The van der Waals surface area contributed by atoms with E-state index in [-0.39, 0.29) is 11.7 Å². The number of hydrogen-bond donors (Lipinski definition) is 1. The van der Waals surface area contributed by atoms with Crippen LogP contribution in [0.2, 0.25) is 0 Å². The van der Waals surface area contributed by atoms with Crippen LogP contribution in [0.15, 0.2) is 12.4 Å². The topological polar surface area (TPSA) is 48.3 Å². The maximum Gasteiger partial charge on any atom is 0.134 e. The van der Waals surface area contributed by atoms with Gasteiger partial charge >= 0.3 is 0 Å². The number of ether oxygens (including phenoxy) is 2. The second kappa shape index (κ2) is 5.82. The van der Waals surface area contributed by atoms with Gasteiger partial charge in [0, 0.05) is 32.0 Å². The Morgan fingerprint density at radius 2 is 2.44 bits per heavy atom. The Morgan fingerprint density at radius 3 is 3.17 bits per heavy atom. The van der Waals surface area contributed by atoms with E-state index >= 15 is 0 Å². The Morgan fingerprint density at radius 1 is 1.61 bits per heavy atom. The van der Waals surface area contributed by atoms with Crippen molar-refractivity contribution >= 4 is 0 Å². The van der Waals surface area contributed by atoms with E-state index in [0.29, 0.717) is 13.2 Å². The van der Waals surface area contributed by atoms with Crippen LogP contribution in [0.1, 0.15) is 26.6 Å². The average molecular weight is 253 g/mol. The summed E-state index contributed by atoms with van der Waals surface area (Å²) in [6.45, 7) is 10.1. The monoisotopic (exact) mass is 253 g/mol. The lowest BCUT2D eigenvalue weighted by Gasteiger charge is -2.36. The first-order valence-electron chi connectivity index (χ1n) is 6.57. The van der Waals surface area contributed by atoms with Gasteiger partial charge in [0.2, 0.25) is 0 Å². The van der Waals surface area contributed by atoms with Crippen molar-refractivity contribution < 1.29 is 9.47 Å². The molecular weight excluding hydrogens is 230 g/mol. The normalized spacial score (nSPS) is 23.2. The predicted molar refractivity (Wildman–Crippen MR) is 69.4 cm³/mol. The van der Waals surface area contributed by atoms with Crippen LogP contribution in [-0.2, 0) is 22.6 Å². The number of nitrogens with zero attached hydrogens (tertiary/aromatic N) is 2. The third-order valence-electron chi connectivity index (χ3n) is 3.09. The third kappa shape index (κ3) is 3.54. The second-order valence-corrected chi connectivity index (χ2v) is 5.28. The first kappa shape index (κ1) is 13.5. The highest BCUT2D eigenvalue weighted by molar-refractivity contribution is 4.90. The fourth-order valence-corrected chi connectivity index (χ4v) is 2.21. The number of aryl methyl sites for hydroxylation is 1. The first-order valence-corrected chi connectivity index (χ1v) is 6.57. The van der Waals surface area contributed by atoms with Gasteiger partial charge in [0.15, 0.2) is 0 Å². The van der Waals surface area contributed by atoms with E-state index in [1.165, 1.54) is 0 Å². The van der Waals surface area contributed by atoms with Crippen molar-refractivity contribution in [2.45, 2.75) is 45.6 Å². The lowest BCUT2D eigenvalue weighted by atomic mass is 10.1. The lowest BCUT2D eigenvalue weighted by molar-refractivity contribution is -0.122. The Hall–Kier alpha value is -0.910. The van der Waals surface area contributed by atoms with Crippen molar-refractivity contribution in [3.63, 3.8) is 0 Å². The maximum absolute atomic E-state index is 5.94. The summed E-state index contributed by atoms with van der Waals surface area (Å²) in [5.74, 6) is 0.973. The Bertz CT molecular complexity index is 376. The highest BCUT2D eigenvalue weighted by atomic mass is 16.5. The molecule has 0 radical (unpaired) electrons. The van der Waals surface area contributed by atoms with Gasteiger partial charge in [-0.1, -0.05) is 0 Å². The van der Waals surface area contributed by atoms with Crippen LogP contribution in [0.25, 0.3) is 0 Å². The number of aromatic nitrogens is 2. The van der Waals surface area contributed by atoms with Gasteiger partial charge in [-0.25, -0.2) is 4.98 Å². The molecule has 1 aromatic rings. The largest absolute Gasteiger partial charge is 0.371 e. The van der Waals surface area contributed by atoms with Crippen molar-refractivity contribution in [3.8, 4) is 0 Å². The van der Waals surface area contributed by atoms with E-state index in [1.54, 1.807) is 0 Å². The standard InChI is InChI=1S/C13H23N3O2/c1-4-16-6-5-15-12(16)9-17-8-11-7-14-10-13(2,3)18-11/h5-6,11,14H,4,7-10H2,1-3H3. The SMILES string of the molecule is CCn1ccnc1COCC1CNCC(C)(C)O1. The molecule has 0 saturated carbocycles. The van der Waals surface area contributed by atoms with E-state index < -0.39 is 0 Å². The molecule has 0 bridgehead atoms. The first-order chi connectivity index (χ1) is 8.61. The molecule has 0 spiro atoms. The molecule has 1 saturated heterocycles. The van der Waals surface area contributed by atoms with Crippen LogP contribution in [-0.4, -0.2) is 41.0 Å². The molecule has 0 amide bonds. The molecule has 1 aliphatic heterocycles. The number of imidazole rings is 1. The van der Waals surface area contributed by atoms with E-state index in [2.05, 4.69) is 35.6 Å². The zero-order valence-electron chi connectivity index (χ0n) is 11.5. The maximum atomic E-state index is 5.94. The Balaban J connectivity index is 1.75. The fraction of sp³-hybridized carbons (Fsp3) is 0.769.